The Morgan fingerprint density at radius 3 is 3.00 bits per heavy atom. The van der Waals surface area contributed by atoms with Crippen LogP contribution in [-0.4, -0.2) is 12.1 Å². The molecule has 4 nitrogen and oxygen atoms in total. The summed E-state index contributed by atoms with van der Waals surface area (Å²) in [4.78, 5) is 11.7. The molecule has 13 heavy (non-hydrogen) atoms. The van der Waals surface area contributed by atoms with E-state index in [9.17, 15) is 4.79 Å². The lowest BCUT2D eigenvalue weighted by atomic mass is 9.93. The van der Waals surface area contributed by atoms with Gasteiger partial charge in [0.2, 0.25) is 0 Å². The summed E-state index contributed by atoms with van der Waals surface area (Å²) >= 11 is 4.12. The van der Waals surface area contributed by atoms with Gasteiger partial charge >= 0.3 is 5.97 Å². The lowest BCUT2D eigenvalue weighted by Gasteiger charge is -2.01. The van der Waals surface area contributed by atoms with Crippen molar-refractivity contribution in [3.8, 4) is 6.07 Å². The normalized spacial score (nSPS) is 33.7. The molecule has 3 rings (SSSR count). The lowest BCUT2D eigenvalue weighted by Crippen LogP contribution is -2.17. The molecular formula is C8H3NO3S. The molecule has 2 bridgehead atoms. The molecule has 3 aliphatic rings. The Bertz CT molecular complexity index is 443. The Labute approximate surface area is 78.8 Å². The fourth-order valence-corrected chi connectivity index (χ4v) is 2.17. The molecule has 0 amide bonds. The molecule has 64 valence electrons. The van der Waals surface area contributed by atoms with Gasteiger partial charge in [0.15, 0.2) is 17.6 Å². The van der Waals surface area contributed by atoms with Gasteiger partial charge in [0.05, 0.1) is 16.5 Å². The summed E-state index contributed by atoms with van der Waals surface area (Å²) in [6.45, 7) is 0. The Morgan fingerprint density at radius 1 is 1.54 bits per heavy atom. The number of carbonyl (C=O) groups is 1. The molecule has 0 aliphatic carbocycles. The molecule has 3 heterocycles. The van der Waals surface area contributed by atoms with Crippen LogP contribution in [0.25, 0.3) is 0 Å². The second-order valence-electron chi connectivity index (χ2n) is 3.00. The van der Waals surface area contributed by atoms with Crippen LogP contribution < -0.4 is 0 Å². The van der Waals surface area contributed by atoms with Gasteiger partial charge in [-0.1, -0.05) is 0 Å². The molecule has 2 atom stereocenters. The van der Waals surface area contributed by atoms with E-state index >= 15 is 0 Å². The van der Waals surface area contributed by atoms with Gasteiger partial charge in [-0.2, -0.15) is 5.26 Å². The Morgan fingerprint density at radius 2 is 2.31 bits per heavy atom. The first-order chi connectivity index (χ1) is 6.24. The number of rotatable bonds is 0. The number of carbonyl (C=O) groups excluding carboxylic acids is 1. The predicted molar refractivity (Wildman–Crippen MR) is 43.1 cm³/mol. The maximum absolute atomic E-state index is 11.3. The van der Waals surface area contributed by atoms with E-state index in [4.69, 9.17) is 14.7 Å². The highest BCUT2D eigenvalue weighted by molar-refractivity contribution is 7.84. The molecule has 0 N–H and O–H groups in total. The predicted octanol–water partition coefficient (Wildman–Crippen LogP) is 0.491. The summed E-state index contributed by atoms with van der Waals surface area (Å²) in [6.07, 6.45) is -0.412. The molecular weight excluding hydrogens is 190 g/mol. The highest BCUT2D eigenvalue weighted by Crippen LogP contribution is 2.52. The molecule has 0 spiro atoms. The van der Waals surface area contributed by atoms with Crippen LogP contribution in [0.2, 0.25) is 0 Å². The van der Waals surface area contributed by atoms with E-state index in [1.165, 1.54) is 0 Å². The third-order valence-corrected chi connectivity index (χ3v) is 2.82. The standard InChI is InChI=1S/C8H3NO3S/c9-1-2-3-5-6(12-8(3)10)7(13)4(2)11-5/h3,5,13H/t3-,5?/m0/s1. The Balaban J connectivity index is 2.30. The van der Waals surface area contributed by atoms with Crippen molar-refractivity contribution in [2.75, 3.05) is 0 Å². The maximum Gasteiger partial charge on any atom is 0.323 e. The van der Waals surface area contributed by atoms with Crippen molar-refractivity contribution in [2.45, 2.75) is 6.10 Å². The maximum atomic E-state index is 11.3. The molecule has 1 fully saturated rings. The van der Waals surface area contributed by atoms with Crippen molar-refractivity contribution >= 4 is 18.6 Å². The third kappa shape index (κ3) is 0.584. The third-order valence-electron chi connectivity index (χ3n) is 2.40. The second-order valence-corrected chi connectivity index (χ2v) is 3.45. The molecule has 0 aromatic carbocycles. The quantitative estimate of drug-likeness (QED) is 0.449. The smallest absolute Gasteiger partial charge is 0.323 e. The number of hydrogen-bond donors (Lipinski definition) is 1. The molecule has 3 aliphatic heterocycles. The molecule has 5 heteroatoms. The van der Waals surface area contributed by atoms with Crippen LogP contribution in [0, 0.1) is 17.2 Å². The molecule has 1 unspecified atom stereocenters. The minimum atomic E-state index is -0.536. The van der Waals surface area contributed by atoms with Crippen molar-refractivity contribution in [1.29, 1.82) is 5.26 Å². The SMILES string of the molecule is N#CC1=C2OC3C(=C2S)OC(=O)[C@@H]13. The van der Waals surface area contributed by atoms with Crippen molar-refractivity contribution in [3.05, 3.63) is 22.0 Å². The summed E-state index contributed by atoms with van der Waals surface area (Å²) in [6, 6.07) is 1.95. The van der Waals surface area contributed by atoms with Crippen molar-refractivity contribution in [3.63, 3.8) is 0 Å². The van der Waals surface area contributed by atoms with Gasteiger partial charge in [0.25, 0.3) is 0 Å². The average molecular weight is 193 g/mol. The van der Waals surface area contributed by atoms with Crippen LogP contribution in [0.5, 0.6) is 0 Å². The number of nitriles is 1. The van der Waals surface area contributed by atoms with E-state index in [1.54, 1.807) is 0 Å². The summed E-state index contributed by atoms with van der Waals surface area (Å²) in [5.74, 6) is -0.0597. The van der Waals surface area contributed by atoms with Crippen LogP contribution in [0.3, 0.4) is 0 Å². The molecule has 0 aromatic heterocycles. The minimum absolute atomic E-state index is 0.348. The van der Waals surface area contributed by atoms with Gasteiger partial charge in [-0.15, -0.1) is 12.6 Å². The number of thiol groups is 1. The average Bonchev–Trinajstić information content (AvgIpc) is 2.68. The first-order valence-electron chi connectivity index (χ1n) is 3.70. The molecule has 0 saturated carbocycles. The van der Waals surface area contributed by atoms with Crippen LogP contribution in [0.15, 0.2) is 22.0 Å². The Kier molecular flexibility index (Phi) is 1.03. The van der Waals surface area contributed by atoms with E-state index in [1.807, 2.05) is 6.07 Å². The fraction of sp³-hybridized carbons (Fsp3) is 0.250. The minimum Gasteiger partial charge on any atom is -0.479 e. The first kappa shape index (κ1) is 7.04. The fourth-order valence-electron chi connectivity index (χ4n) is 1.83. The van der Waals surface area contributed by atoms with Crippen molar-refractivity contribution in [1.82, 2.24) is 0 Å². The highest BCUT2D eigenvalue weighted by Gasteiger charge is 2.57. The zero-order valence-electron chi connectivity index (χ0n) is 6.27. The summed E-state index contributed by atoms with van der Waals surface area (Å²) < 4.78 is 10.2. The van der Waals surface area contributed by atoms with Gasteiger partial charge in [0, 0.05) is 0 Å². The van der Waals surface area contributed by atoms with E-state index < -0.39 is 18.0 Å². The number of ether oxygens (including phenoxy) is 2. The number of nitrogens with zero attached hydrogens (tertiary/aromatic N) is 1. The topological polar surface area (TPSA) is 59.3 Å². The number of fused-ring (bicyclic) bond motifs is 1. The van der Waals surface area contributed by atoms with E-state index in [2.05, 4.69) is 12.6 Å². The van der Waals surface area contributed by atoms with Gasteiger partial charge in [-0.3, -0.25) is 4.79 Å². The van der Waals surface area contributed by atoms with E-state index in [0.717, 1.165) is 0 Å². The molecule has 0 aromatic rings. The van der Waals surface area contributed by atoms with Crippen LogP contribution in [0.4, 0.5) is 0 Å². The first-order valence-corrected chi connectivity index (χ1v) is 4.15. The summed E-state index contributed by atoms with van der Waals surface area (Å²) in [5, 5.41) is 8.79. The summed E-state index contributed by atoms with van der Waals surface area (Å²) in [5.41, 5.74) is 0.348. The monoisotopic (exact) mass is 193 g/mol. The van der Waals surface area contributed by atoms with Crippen molar-refractivity contribution in [2.24, 2.45) is 5.92 Å². The van der Waals surface area contributed by atoms with Crippen molar-refractivity contribution < 1.29 is 14.3 Å². The summed E-state index contributed by atoms with van der Waals surface area (Å²) in [7, 11) is 0. The number of hydrogen-bond acceptors (Lipinski definition) is 5. The number of esters is 1. The largest absolute Gasteiger partial charge is 0.479 e. The van der Waals surface area contributed by atoms with Crippen LogP contribution in [0.1, 0.15) is 0 Å². The zero-order valence-corrected chi connectivity index (χ0v) is 7.17. The van der Waals surface area contributed by atoms with Gasteiger partial charge < -0.3 is 9.47 Å². The zero-order chi connectivity index (χ0) is 9.16. The Hall–Kier alpha value is -1.41. The van der Waals surface area contributed by atoms with E-state index in [-0.39, 0.29) is 0 Å². The van der Waals surface area contributed by atoms with Gasteiger partial charge in [-0.25, -0.2) is 0 Å². The van der Waals surface area contributed by atoms with E-state index in [0.29, 0.717) is 22.0 Å². The lowest BCUT2D eigenvalue weighted by molar-refractivity contribution is -0.138. The molecule has 1 saturated heterocycles. The van der Waals surface area contributed by atoms with Gasteiger partial charge in [-0.05, 0) is 0 Å². The van der Waals surface area contributed by atoms with Gasteiger partial charge in [0.1, 0.15) is 5.92 Å². The van der Waals surface area contributed by atoms with Crippen LogP contribution >= 0.6 is 12.6 Å². The molecule has 0 radical (unpaired) electrons. The second kappa shape index (κ2) is 1.91. The van der Waals surface area contributed by atoms with Crippen LogP contribution in [-0.2, 0) is 14.3 Å². The highest BCUT2D eigenvalue weighted by atomic mass is 32.1.